The summed E-state index contributed by atoms with van der Waals surface area (Å²) in [6.45, 7) is 3.76. The lowest BCUT2D eigenvalue weighted by Crippen LogP contribution is -2.28. The lowest BCUT2D eigenvalue weighted by atomic mass is 10.0. The van der Waals surface area contributed by atoms with Crippen LogP contribution in [-0.2, 0) is 11.2 Å². The largest absolute Gasteiger partial charge is 0.495 e. The van der Waals surface area contributed by atoms with Crippen LogP contribution in [-0.4, -0.2) is 29.4 Å². The number of allylic oxidation sites excluding steroid dienone is 2. The highest BCUT2D eigenvalue weighted by Gasteiger charge is 2.11. The first-order valence-corrected chi connectivity index (χ1v) is 8.29. The van der Waals surface area contributed by atoms with E-state index in [9.17, 15) is 4.79 Å². The molecule has 2 aromatic rings. The number of nitrogens with zero attached hydrogens (tertiary/aromatic N) is 2. The van der Waals surface area contributed by atoms with Crippen LogP contribution in [0.25, 0.3) is 5.57 Å². The Labute approximate surface area is 153 Å². The minimum Gasteiger partial charge on any atom is -0.495 e. The molecule has 136 valence electrons. The molecule has 1 aromatic carbocycles. The number of amides is 1. The number of aromatic nitrogens is 1. The molecule has 0 aliphatic rings. The third-order valence-corrected chi connectivity index (χ3v) is 3.98. The summed E-state index contributed by atoms with van der Waals surface area (Å²) < 4.78 is 5.08. The van der Waals surface area contributed by atoms with E-state index in [0.29, 0.717) is 5.75 Å². The minimum atomic E-state index is -0.192. The van der Waals surface area contributed by atoms with E-state index in [-0.39, 0.29) is 18.4 Å². The number of carbonyl (C=O) groups is 1. The second-order valence-electron chi connectivity index (χ2n) is 5.77. The highest BCUT2D eigenvalue weighted by Crippen LogP contribution is 2.16. The van der Waals surface area contributed by atoms with E-state index in [1.54, 1.807) is 13.3 Å². The van der Waals surface area contributed by atoms with E-state index in [1.165, 1.54) is 6.21 Å². The van der Waals surface area contributed by atoms with E-state index in [0.717, 1.165) is 22.4 Å². The highest BCUT2D eigenvalue weighted by atomic mass is 16.5. The number of ether oxygens (including phenoxy) is 1. The van der Waals surface area contributed by atoms with Gasteiger partial charge in [0.1, 0.15) is 5.75 Å². The van der Waals surface area contributed by atoms with E-state index in [2.05, 4.69) is 15.5 Å². The van der Waals surface area contributed by atoms with Gasteiger partial charge in [-0.05, 0) is 42.7 Å². The first-order chi connectivity index (χ1) is 12.6. The average Bonchev–Trinajstić information content (AvgIpc) is 2.66. The second kappa shape index (κ2) is 9.36. The number of benzene rings is 1. The number of hydrogen-bond donors (Lipinski definition) is 2. The molecule has 0 aliphatic heterocycles. The lowest BCUT2D eigenvalue weighted by molar-refractivity contribution is -0.121. The van der Waals surface area contributed by atoms with Crippen molar-refractivity contribution in [2.24, 2.45) is 5.16 Å². The molecule has 1 aromatic heterocycles. The van der Waals surface area contributed by atoms with E-state index in [4.69, 9.17) is 9.94 Å². The van der Waals surface area contributed by atoms with Crippen molar-refractivity contribution < 1.29 is 14.7 Å². The van der Waals surface area contributed by atoms with Crippen LogP contribution in [0.3, 0.4) is 0 Å². The maximum atomic E-state index is 12.3. The van der Waals surface area contributed by atoms with Crippen molar-refractivity contribution >= 4 is 17.7 Å². The Morgan fingerprint density at radius 2 is 2.04 bits per heavy atom. The average molecular weight is 353 g/mol. The normalized spacial score (nSPS) is 12.8. The summed E-state index contributed by atoms with van der Waals surface area (Å²) in [5.74, 6) is 0.602. The zero-order valence-corrected chi connectivity index (χ0v) is 15.1. The maximum Gasteiger partial charge on any atom is 0.224 e. The van der Waals surface area contributed by atoms with E-state index < -0.39 is 0 Å². The molecule has 1 heterocycles. The number of hydrogen-bond acceptors (Lipinski definition) is 5. The fourth-order valence-electron chi connectivity index (χ4n) is 2.51. The van der Waals surface area contributed by atoms with Crippen molar-refractivity contribution in [3.05, 3.63) is 65.5 Å². The predicted molar refractivity (Wildman–Crippen MR) is 101 cm³/mol. The van der Waals surface area contributed by atoms with Gasteiger partial charge in [-0.25, -0.2) is 0 Å². The second-order valence-corrected chi connectivity index (χ2v) is 5.77. The Hall–Kier alpha value is -3.15. The van der Waals surface area contributed by atoms with Crippen LogP contribution >= 0.6 is 0 Å². The van der Waals surface area contributed by atoms with Crippen LogP contribution in [0.5, 0.6) is 5.75 Å². The quantitative estimate of drug-likeness (QED) is 0.454. The Morgan fingerprint density at radius 3 is 2.58 bits per heavy atom. The third-order valence-electron chi connectivity index (χ3n) is 3.98. The van der Waals surface area contributed by atoms with Crippen molar-refractivity contribution in [1.29, 1.82) is 0 Å². The number of carbonyl (C=O) groups excluding carboxylic acids is 1. The molecule has 0 fully saturated rings. The summed E-state index contributed by atoms with van der Waals surface area (Å²) in [6, 6.07) is 11.0. The van der Waals surface area contributed by atoms with Gasteiger partial charge in [-0.15, -0.1) is 0 Å². The summed E-state index contributed by atoms with van der Waals surface area (Å²) in [4.78, 5) is 16.6. The Morgan fingerprint density at radius 1 is 1.31 bits per heavy atom. The molecule has 0 spiro atoms. The Bertz CT molecular complexity index is 781. The van der Waals surface area contributed by atoms with Gasteiger partial charge in [0.25, 0.3) is 0 Å². The number of oxime groups is 1. The molecule has 6 heteroatoms. The van der Waals surface area contributed by atoms with Crippen LogP contribution in [0, 0.1) is 0 Å². The number of methoxy groups -OCH3 is 1. The van der Waals surface area contributed by atoms with Gasteiger partial charge < -0.3 is 15.3 Å². The molecular formula is C20H23N3O3. The highest BCUT2D eigenvalue weighted by molar-refractivity contribution is 6.09. The maximum absolute atomic E-state index is 12.3. The molecule has 0 aliphatic carbocycles. The Balaban J connectivity index is 1.96. The van der Waals surface area contributed by atoms with Crippen molar-refractivity contribution in [3.8, 4) is 5.75 Å². The fourth-order valence-corrected chi connectivity index (χ4v) is 2.51. The van der Waals surface area contributed by atoms with Crippen LogP contribution in [0.15, 0.2) is 53.8 Å². The number of pyridine rings is 1. The monoisotopic (exact) mass is 353 g/mol. The topological polar surface area (TPSA) is 83.8 Å². The van der Waals surface area contributed by atoms with Crippen LogP contribution in [0.4, 0.5) is 0 Å². The summed E-state index contributed by atoms with van der Waals surface area (Å²) in [7, 11) is 1.59. The molecule has 2 N–H and O–H groups in total. The molecular weight excluding hydrogens is 330 g/mol. The molecule has 1 atom stereocenters. The van der Waals surface area contributed by atoms with E-state index >= 15 is 0 Å². The van der Waals surface area contributed by atoms with Gasteiger partial charge in [0.15, 0.2) is 0 Å². The smallest absolute Gasteiger partial charge is 0.224 e. The van der Waals surface area contributed by atoms with Crippen molar-refractivity contribution in [2.75, 3.05) is 7.11 Å². The molecule has 6 nitrogen and oxygen atoms in total. The van der Waals surface area contributed by atoms with Crippen LogP contribution < -0.4 is 10.1 Å². The lowest BCUT2D eigenvalue weighted by Gasteiger charge is -2.14. The summed E-state index contributed by atoms with van der Waals surface area (Å²) in [5, 5.41) is 14.7. The van der Waals surface area contributed by atoms with Crippen molar-refractivity contribution in [1.82, 2.24) is 10.3 Å². The van der Waals surface area contributed by atoms with Gasteiger partial charge in [-0.1, -0.05) is 35.5 Å². The van der Waals surface area contributed by atoms with Gasteiger partial charge in [-0.3, -0.25) is 9.78 Å². The summed E-state index contributed by atoms with van der Waals surface area (Å²) in [6.07, 6.45) is 5.14. The molecule has 1 amide bonds. The van der Waals surface area contributed by atoms with E-state index in [1.807, 2.05) is 56.3 Å². The molecule has 0 saturated heterocycles. The summed E-state index contributed by atoms with van der Waals surface area (Å²) >= 11 is 0. The van der Waals surface area contributed by atoms with Crippen molar-refractivity contribution in [3.63, 3.8) is 0 Å². The van der Waals surface area contributed by atoms with Gasteiger partial charge >= 0.3 is 0 Å². The molecule has 0 saturated carbocycles. The zero-order chi connectivity index (χ0) is 18.9. The minimum absolute atomic E-state index is 0.0777. The number of nitrogens with one attached hydrogen (secondary N) is 1. The van der Waals surface area contributed by atoms with Crippen molar-refractivity contribution in [2.45, 2.75) is 26.3 Å². The number of rotatable bonds is 7. The van der Waals surface area contributed by atoms with Gasteiger partial charge in [0, 0.05) is 0 Å². The van der Waals surface area contributed by atoms with Gasteiger partial charge in [0.05, 0.1) is 37.7 Å². The molecule has 2 rings (SSSR count). The Kier molecular flexibility index (Phi) is 6.91. The van der Waals surface area contributed by atoms with Gasteiger partial charge in [0.2, 0.25) is 5.91 Å². The summed E-state index contributed by atoms with van der Waals surface area (Å²) in [5.41, 5.74) is 3.40. The zero-order valence-electron chi connectivity index (χ0n) is 15.1. The van der Waals surface area contributed by atoms with Crippen LogP contribution in [0.2, 0.25) is 0 Å². The predicted octanol–water partition coefficient (Wildman–Crippen LogP) is 3.37. The molecule has 0 radical (unpaired) electrons. The van der Waals surface area contributed by atoms with Crippen LogP contribution in [0.1, 0.15) is 36.7 Å². The molecule has 26 heavy (non-hydrogen) atoms. The first-order valence-electron chi connectivity index (χ1n) is 8.29. The molecule has 0 bridgehead atoms. The molecule has 1 unspecified atom stereocenters. The standard InChI is InChI=1S/C20H23N3O3/c1-4-16(12-22-25)17-7-5-15(6-8-17)11-20(24)23-14(2)19-10-9-18(26-3)13-21-19/h4-10,12-14,25H,11H2,1-3H3,(H,23,24)/b16-4-,22-12-. The van der Waals surface area contributed by atoms with Gasteiger partial charge in [-0.2, -0.15) is 0 Å². The SMILES string of the molecule is C/C=C(/C=N\O)c1ccc(CC(=O)NC(C)c2ccc(OC)cn2)cc1. The fraction of sp³-hybridized carbons (Fsp3) is 0.250. The first kappa shape index (κ1) is 19.2. The third kappa shape index (κ3) is 5.17.